The van der Waals surface area contributed by atoms with Crippen molar-refractivity contribution in [3.63, 3.8) is 0 Å². The second-order valence-corrected chi connectivity index (χ2v) is 5.85. The summed E-state index contributed by atoms with van der Waals surface area (Å²) in [4.78, 5) is 15.4. The standard InChI is InChI=1S/C18H20N2O2/c21-18(22)16-6-4-15(5-7-16)17-8-3-14(12-20-17)10-13-2-1-9-19-11-13/h3-8,12-13,19H,1-2,9-11H2,(H,21,22). The van der Waals surface area contributed by atoms with Crippen LogP contribution in [-0.4, -0.2) is 29.1 Å². The molecule has 1 aliphatic rings. The van der Waals surface area contributed by atoms with Crippen molar-refractivity contribution in [1.82, 2.24) is 10.3 Å². The van der Waals surface area contributed by atoms with Gasteiger partial charge in [-0.05, 0) is 62.0 Å². The van der Waals surface area contributed by atoms with E-state index in [0.29, 0.717) is 11.5 Å². The minimum atomic E-state index is -0.907. The molecule has 4 nitrogen and oxygen atoms in total. The number of nitrogens with zero attached hydrogens (tertiary/aromatic N) is 1. The fourth-order valence-corrected chi connectivity index (χ4v) is 2.93. The lowest BCUT2D eigenvalue weighted by Gasteiger charge is -2.22. The van der Waals surface area contributed by atoms with Gasteiger partial charge in [0.25, 0.3) is 0 Å². The molecule has 1 fully saturated rings. The van der Waals surface area contributed by atoms with Gasteiger partial charge >= 0.3 is 5.97 Å². The SMILES string of the molecule is O=C(O)c1ccc(-c2ccc(CC3CCCNC3)cn2)cc1. The smallest absolute Gasteiger partial charge is 0.335 e. The van der Waals surface area contributed by atoms with Crippen LogP contribution in [0, 0.1) is 5.92 Å². The first-order chi connectivity index (χ1) is 10.7. The van der Waals surface area contributed by atoms with Crippen molar-refractivity contribution in [3.8, 4) is 11.3 Å². The number of pyridine rings is 1. The lowest BCUT2D eigenvalue weighted by atomic mass is 9.93. The number of hydrogen-bond donors (Lipinski definition) is 2. The van der Waals surface area contributed by atoms with Gasteiger partial charge in [0.1, 0.15) is 0 Å². The summed E-state index contributed by atoms with van der Waals surface area (Å²) in [6.07, 6.45) is 5.55. The maximum absolute atomic E-state index is 10.9. The van der Waals surface area contributed by atoms with Gasteiger partial charge in [0.2, 0.25) is 0 Å². The summed E-state index contributed by atoms with van der Waals surface area (Å²) in [5.41, 5.74) is 3.38. The molecule has 1 aromatic heterocycles. The van der Waals surface area contributed by atoms with Crippen LogP contribution in [0.5, 0.6) is 0 Å². The molecule has 0 saturated carbocycles. The third kappa shape index (κ3) is 3.52. The van der Waals surface area contributed by atoms with Crippen molar-refractivity contribution in [2.45, 2.75) is 19.3 Å². The number of aromatic carboxylic acids is 1. The molecular weight excluding hydrogens is 276 g/mol. The number of carbonyl (C=O) groups is 1. The van der Waals surface area contributed by atoms with E-state index in [2.05, 4.69) is 16.4 Å². The fraction of sp³-hybridized carbons (Fsp3) is 0.333. The first-order valence-electron chi connectivity index (χ1n) is 7.72. The molecule has 1 aromatic carbocycles. The molecule has 1 aliphatic heterocycles. The minimum absolute atomic E-state index is 0.296. The molecule has 2 heterocycles. The van der Waals surface area contributed by atoms with Gasteiger partial charge in [0.15, 0.2) is 0 Å². The highest BCUT2D eigenvalue weighted by molar-refractivity contribution is 5.88. The molecule has 3 rings (SSSR count). The van der Waals surface area contributed by atoms with Gasteiger partial charge in [-0.25, -0.2) is 4.79 Å². The molecule has 114 valence electrons. The van der Waals surface area contributed by atoms with Crippen LogP contribution < -0.4 is 5.32 Å². The highest BCUT2D eigenvalue weighted by atomic mass is 16.4. The average molecular weight is 296 g/mol. The Kier molecular flexibility index (Phi) is 4.49. The first kappa shape index (κ1) is 14.7. The molecule has 22 heavy (non-hydrogen) atoms. The van der Waals surface area contributed by atoms with E-state index in [1.807, 2.05) is 12.3 Å². The molecule has 1 saturated heterocycles. The van der Waals surface area contributed by atoms with Crippen LogP contribution >= 0.6 is 0 Å². The summed E-state index contributed by atoms with van der Waals surface area (Å²) >= 11 is 0. The van der Waals surface area contributed by atoms with Crippen LogP contribution in [0.25, 0.3) is 11.3 Å². The van der Waals surface area contributed by atoms with E-state index in [-0.39, 0.29) is 0 Å². The van der Waals surface area contributed by atoms with Crippen LogP contribution in [0.4, 0.5) is 0 Å². The van der Waals surface area contributed by atoms with E-state index >= 15 is 0 Å². The molecule has 0 amide bonds. The summed E-state index contributed by atoms with van der Waals surface area (Å²) in [6.45, 7) is 2.23. The molecule has 1 atom stereocenters. The van der Waals surface area contributed by atoms with E-state index in [0.717, 1.165) is 30.8 Å². The van der Waals surface area contributed by atoms with Crippen molar-refractivity contribution in [2.75, 3.05) is 13.1 Å². The Hall–Kier alpha value is -2.20. The van der Waals surface area contributed by atoms with Crippen LogP contribution in [0.2, 0.25) is 0 Å². The Morgan fingerprint density at radius 1 is 1.23 bits per heavy atom. The number of aromatic nitrogens is 1. The second-order valence-electron chi connectivity index (χ2n) is 5.85. The molecule has 2 aromatic rings. The largest absolute Gasteiger partial charge is 0.478 e. The molecule has 2 N–H and O–H groups in total. The van der Waals surface area contributed by atoms with Gasteiger partial charge in [0, 0.05) is 11.8 Å². The predicted molar refractivity (Wildman–Crippen MR) is 85.9 cm³/mol. The number of hydrogen-bond acceptors (Lipinski definition) is 3. The van der Waals surface area contributed by atoms with Gasteiger partial charge in [-0.3, -0.25) is 4.98 Å². The Balaban J connectivity index is 1.69. The van der Waals surface area contributed by atoms with Crippen LogP contribution in [0.15, 0.2) is 42.6 Å². The summed E-state index contributed by atoms with van der Waals surface area (Å²) in [6, 6.07) is 11.0. The molecule has 1 unspecified atom stereocenters. The van der Waals surface area contributed by atoms with Crippen LogP contribution in [0.3, 0.4) is 0 Å². The normalized spacial score (nSPS) is 18.1. The maximum atomic E-state index is 10.9. The number of carboxylic acids is 1. The van der Waals surface area contributed by atoms with E-state index < -0.39 is 5.97 Å². The molecule has 0 spiro atoms. The molecule has 0 radical (unpaired) electrons. The Bertz CT molecular complexity index is 629. The van der Waals surface area contributed by atoms with E-state index in [4.69, 9.17) is 5.11 Å². The second kappa shape index (κ2) is 6.71. The summed E-state index contributed by atoms with van der Waals surface area (Å²) < 4.78 is 0. The van der Waals surface area contributed by atoms with Gasteiger partial charge in [-0.1, -0.05) is 18.2 Å². The van der Waals surface area contributed by atoms with E-state index in [9.17, 15) is 4.79 Å². The number of carboxylic acid groups (broad SMARTS) is 1. The topological polar surface area (TPSA) is 62.2 Å². The van der Waals surface area contributed by atoms with Crippen molar-refractivity contribution < 1.29 is 9.90 Å². The fourth-order valence-electron chi connectivity index (χ4n) is 2.93. The van der Waals surface area contributed by atoms with Crippen molar-refractivity contribution >= 4 is 5.97 Å². The Morgan fingerprint density at radius 2 is 2.05 bits per heavy atom. The summed E-state index contributed by atoms with van der Waals surface area (Å²) in [7, 11) is 0. The van der Waals surface area contributed by atoms with Crippen molar-refractivity contribution in [2.24, 2.45) is 5.92 Å². The summed E-state index contributed by atoms with van der Waals surface area (Å²) in [5, 5.41) is 12.4. The predicted octanol–water partition coefficient (Wildman–Crippen LogP) is 2.99. The van der Waals surface area contributed by atoms with E-state index in [1.54, 1.807) is 24.3 Å². The van der Waals surface area contributed by atoms with Gasteiger partial charge in [0.05, 0.1) is 11.3 Å². The zero-order valence-electron chi connectivity index (χ0n) is 12.5. The zero-order chi connectivity index (χ0) is 15.4. The highest BCUT2D eigenvalue weighted by Crippen LogP contribution is 2.20. The van der Waals surface area contributed by atoms with Crippen molar-refractivity contribution in [1.29, 1.82) is 0 Å². The monoisotopic (exact) mass is 296 g/mol. The van der Waals surface area contributed by atoms with Crippen LogP contribution in [-0.2, 0) is 6.42 Å². The number of rotatable bonds is 4. The molecular formula is C18H20N2O2. The number of nitrogens with one attached hydrogen (secondary N) is 1. The lowest BCUT2D eigenvalue weighted by Crippen LogP contribution is -2.30. The molecule has 0 aliphatic carbocycles. The summed E-state index contributed by atoms with van der Waals surface area (Å²) in [5.74, 6) is -0.202. The maximum Gasteiger partial charge on any atom is 0.335 e. The molecule has 0 bridgehead atoms. The Labute approximate surface area is 130 Å². The van der Waals surface area contributed by atoms with Crippen LogP contribution in [0.1, 0.15) is 28.8 Å². The third-order valence-corrected chi connectivity index (χ3v) is 4.18. The minimum Gasteiger partial charge on any atom is -0.478 e. The van der Waals surface area contributed by atoms with Gasteiger partial charge in [-0.2, -0.15) is 0 Å². The third-order valence-electron chi connectivity index (χ3n) is 4.18. The van der Waals surface area contributed by atoms with E-state index in [1.165, 1.54) is 18.4 Å². The average Bonchev–Trinajstić information content (AvgIpc) is 2.57. The quantitative estimate of drug-likeness (QED) is 0.910. The zero-order valence-corrected chi connectivity index (χ0v) is 12.5. The van der Waals surface area contributed by atoms with Gasteiger partial charge in [-0.15, -0.1) is 0 Å². The van der Waals surface area contributed by atoms with Crippen molar-refractivity contribution in [3.05, 3.63) is 53.7 Å². The number of piperidine rings is 1. The highest BCUT2D eigenvalue weighted by Gasteiger charge is 2.13. The number of benzene rings is 1. The Morgan fingerprint density at radius 3 is 2.64 bits per heavy atom. The lowest BCUT2D eigenvalue weighted by molar-refractivity contribution is 0.0697. The van der Waals surface area contributed by atoms with Gasteiger partial charge < -0.3 is 10.4 Å². The molecule has 4 heteroatoms. The first-order valence-corrected chi connectivity index (χ1v) is 7.72.